The molecular weight excluding hydrogens is 218 g/mol. The molecule has 1 atom stereocenters. The van der Waals surface area contributed by atoms with Crippen LogP contribution in [0.5, 0.6) is 0 Å². The number of carbonyl (C=O) groups excluding carboxylic acids is 1. The summed E-state index contributed by atoms with van der Waals surface area (Å²) in [6.45, 7) is 2.26. The monoisotopic (exact) mass is 237 g/mol. The van der Waals surface area contributed by atoms with Crippen molar-refractivity contribution in [2.75, 3.05) is 13.6 Å². The first-order chi connectivity index (χ1) is 7.99. The van der Waals surface area contributed by atoms with Gasteiger partial charge in [0.05, 0.1) is 12.3 Å². The van der Waals surface area contributed by atoms with Crippen LogP contribution in [0, 0.1) is 0 Å². The molecule has 0 aromatic carbocycles. The minimum absolute atomic E-state index is 0.0745. The number of aliphatic hydroxyl groups is 1. The third-order valence-corrected chi connectivity index (χ3v) is 2.40. The van der Waals surface area contributed by atoms with E-state index in [0.29, 0.717) is 13.0 Å². The summed E-state index contributed by atoms with van der Waals surface area (Å²) in [6, 6.07) is 0. The van der Waals surface area contributed by atoms with Gasteiger partial charge in [0.2, 0.25) is 5.91 Å². The zero-order valence-electron chi connectivity index (χ0n) is 10.5. The van der Waals surface area contributed by atoms with Crippen LogP contribution in [0.3, 0.4) is 0 Å². The third kappa shape index (κ3) is 4.82. The zero-order valence-corrected chi connectivity index (χ0v) is 10.5. The lowest BCUT2D eigenvalue weighted by Gasteiger charge is -2.15. The van der Waals surface area contributed by atoms with Crippen LogP contribution < -0.4 is 0 Å². The number of amides is 1. The van der Waals surface area contributed by atoms with Crippen molar-refractivity contribution in [3.63, 3.8) is 0 Å². The van der Waals surface area contributed by atoms with Crippen LogP contribution in [-0.2, 0) is 11.8 Å². The van der Waals surface area contributed by atoms with Gasteiger partial charge in [0.15, 0.2) is 0 Å². The van der Waals surface area contributed by atoms with Gasteiger partial charge in [-0.25, -0.2) is 0 Å². The maximum absolute atomic E-state index is 11.7. The molecule has 0 saturated heterocycles. The number of aromatic nitrogens is 2. The molecule has 0 fully saturated rings. The highest BCUT2D eigenvalue weighted by Crippen LogP contribution is 2.01. The average Bonchev–Trinajstić information content (AvgIpc) is 2.68. The second-order valence-electron chi connectivity index (χ2n) is 4.18. The van der Waals surface area contributed by atoms with Gasteiger partial charge in [0.1, 0.15) is 0 Å². The van der Waals surface area contributed by atoms with Crippen molar-refractivity contribution in [1.82, 2.24) is 14.7 Å². The van der Waals surface area contributed by atoms with Crippen molar-refractivity contribution in [2.45, 2.75) is 19.4 Å². The number of rotatable bonds is 5. The van der Waals surface area contributed by atoms with Crippen LogP contribution in [0.1, 0.15) is 18.9 Å². The highest BCUT2D eigenvalue weighted by Gasteiger charge is 2.06. The van der Waals surface area contributed by atoms with E-state index in [1.54, 1.807) is 35.8 Å². The Labute approximate surface area is 101 Å². The van der Waals surface area contributed by atoms with Gasteiger partial charge in [-0.1, -0.05) is 0 Å². The van der Waals surface area contributed by atoms with E-state index >= 15 is 0 Å². The fraction of sp³-hybridized carbons (Fsp3) is 0.500. The molecule has 5 nitrogen and oxygen atoms in total. The fourth-order valence-electron chi connectivity index (χ4n) is 1.31. The van der Waals surface area contributed by atoms with Gasteiger partial charge in [-0.15, -0.1) is 0 Å². The van der Waals surface area contributed by atoms with Crippen LogP contribution in [0.25, 0.3) is 6.08 Å². The van der Waals surface area contributed by atoms with E-state index in [0.717, 1.165) is 5.56 Å². The Bertz CT molecular complexity index is 396. The van der Waals surface area contributed by atoms with Crippen molar-refractivity contribution in [1.29, 1.82) is 0 Å². The predicted molar refractivity (Wildman–Crippen MR) is 66.2 cm³/mol. The molecule has 1 rings (SSSR count). The molecule has 1 N–H and O–H groups in total. The number of likely N-dealkylation sites (N-methyl/N-ethyl adjacent to an activating group) is 1. The van der Waals surface area contributed by atoms with Gasteiger partial charge >= 0.3 is 0 Å². The van der Waals surface area contributed by atoms with Crippen LogP contribution in [0.4, 0.5) is 0 Å². The minimum Gasteiger partial charge on any atom is -0.393 e. The van der Waals surface area contributed by atoms with E-state index in [4.69, 9.17) is 5.11 Å². The molecule has 1 aromatic heterocycles. The van der Waals surface area contributed by atoms with E-state index in [1.807, 2.05) is 13.2 Å². The van der Waals surface area contributed by atoms with Crippen LogP contribution in [0.15, 0.2) is 18.5 Å². The highest BCUT2D eigenvalue weighted by atomic mass is 16.3. The Morgan fingerprint density at radius 2 is 2.41 bits per heavy atom. The number of aliphatic hydroxyl groups excluding tert-OH is 1. The van der Waals surface area contributed by atoms with Gasteiger partial charge in [0, 0.05) is 38.5 Å². The molecule has 5 heteroatoms. The Balaban J connectivity index is 2.45. The van der Waals surface area contributed by atoms with E-state index in [2.05, 4.69) is 5.10 Å². The summed E-state index contributed by atoms with van der Waals surface area (Å²) in [5, 5.41) is 13.1. The Morgan fingerprint density at radius 1 is 1.71 bits per heavy atom. The van der Waals surface area contributed by atoms with Gasteiger partial charge in [-0.2, -0.15) is 5.10 Å². The molecule has 0 aliphatic heterocycles. The molecule has 17 heavy (non-hydrogen) atoms. The summed E-state index contributed by atoms with van der Waals surface area (Å²) in [6.07, 6.45) is 6.97. The fourth-order valence-corrected chi connectivity index (χ4v) is 1.31. The minimum atomic E-state index is -0.382. The number of hydrogen-bond donors (Lipinski definition) is 1. The van der Waals surface area contributed by atoms with Crippen molar-refractivity contribution in [2.24, 2.45) is 7.05 Å². The summed E-state index contributed by atoms with van der Waals surface area (Å²) in [5.74, 6) is -0.0745. The number of hydrogen-bond acceptors (Lipinski definition) is 3. The first-order valence-electron chi connectivity index (χ1n) is 5.59. The Kier molecular flexibility index (Phi) is 4.90. The number of aryl methyl sites for hydroxylation is 1. The predicted octanol–water partition coefficient (Wildman–Crippen LogP) is 0.663. The number of nitrogens with zero attached hydrogens (tertiary/aromatic N) is 3. The molecular formula is C12H19N3O2. The average molecular weight is 237 g/mol. The lowest BCUT2D eigenvalue weighted by Crippen LogP contribution is -2.27. The molecule has 0 radical (unpaired) electrons. The summed E-state index contributed by atoms with van der Waals surface area (Å²) >= 11 is 0. The molecule has 0 bridgehead atoms. The quantitative estimate of drug-likeness (QED) is 0.765. The highest BCUT2D eigenvalue weighted by molar-refractivity contribution is 5.91. The topological polar surface area (TPSA) is 58.4 Å². The summed E-state index contributed by atoms with van der Waals surface area (Å²) in [4.78, 5) is 13.2. The van der Waals surface area contributed by atoms with Gasteiger partial charge in [-0.3, -0.25) is 9.48 Å². The molecule has 0 aliphatic rings. The smallest absolute Gasteiger partial charge is 0.246 e. The van der Waals surface area contributed by atoms with E-state index in [-0.39, 0.29) is 12.0 Å². The van der Waals surface area contributed by atoms with Crippen molar-refractivity contribution >= 4 is 12.0 Å². The molecule has 1 aromatic rings. The molecule has 0 saturated carbocycles. The normalized spacial score (nSPS) is 12.9. The van der Waals surface area contributed by atoms with Gasteiger partial charge in [0.25, 0.3) is 0 Å². The summed E-state index contributed by atoms with van der Waals surface area (Å²) in [5.41, 5.74) is 0.893. The largest absolute Gasteiger partial charge is 0.393 e. The maximum atomic E-state index is 11.7. The molecule has 0 aliphatic carbocycles. The molecule has 1 unspecified atom stereocenters. The van der Waals surface area contributed by atoms with Gasteiger partial charge in [-0.05, 0) is 19.4 Å². The summed E-state index contributed by atoms with van der Waals surface area (Å²) < 4.78 is 1.68. The van der Waals surface area contributed by atoms with Crippen molar-refractivity contribution in [3.8, 4) is 0 Å². The van der Waals surface area contributed by atoms with Crippen molar-refractivity contribution in [3.05, 3.63) is 24.0 Å². The van der Waals surface area contributed by atoms with Crippen LogP contribution >= 0.6 is 0 Å². The summed E-state index contributed by atoms with van der Waals surface area (Å²) in [7, 11) is 3.55. The Hall–Kier alpha value is -1.62. The van der Waals surface area contributed by atoms with E-state index in [1.165, 1.54) is 6.08 Å². The van der Waals surface area contributed by atoms with E-state index in [9.17, 15) is 4.79 Å². The second kappa shape index (κ2) is 6.20. The lowest BCUT2D eigenvalue weighted by molar-refractivity contribution is -0.124. The first-order valence-corrected chi connectivity index (χ1v) is 5.59. The van der Waals surface area contributed by atoms with Crippen LogP contribution in [-0.4, -0.2) is 45.4 Å². The van der Waals surface area contributed by atoms with Crippen LogP contribution in [0.2, 0.25) is 0 Å². The maximum Gasteiger partial charge on any atom is 0.246 e. The zero-order chi connectivity index (χ0) is 12.8. The molecule has 94 valence electrons. The Morgan fingerprint density at radius 3 is 2.94 bits per heavy atom. The van der Waals surface area contributed by atoms with Gasteiger partial charge < -0.3 is 10.0 Å². The lowest BCUT2D eigenvalue weighted by atomic mass is 10.2. The first kappa shape index (κ1) is 13.4. The third-order valence-electron chi connectivity index (χ3n) is 2.40. The molecule has 0 spiro atoms. The van der Waals surface area contributed by atoms with Crippen molar-refractivity contribution < 1.29 is 9.90 Å². The SMILES string of the molecule is CC(O)CCN(C)C(=O)/C=C/c1cnn(C)c1. The molecule has 1 heterocycles. The van der Waals surface area contributed by atoms with E-state index < -0.39 is 0 Å². The second-order valence-corrected chi connectivity index (χ2v) is 4.18. The number of carbonyl (C=O) groups is 1. The standard InChI is InChI=1S/C12H19N3O2/c1-10(16)6-7-14(2)12(17)5-4-11-8-13-15(3)9-11/h4-5,8-10,16H,6-7H2,1-3H3/b5-4+. The molecule has 1 amide bonds.